The number of carbonyl (C=O) groups excluding carboxylic acids is 1. The van der Waals surface area contributed by atoms with E-state index in [0.29, 0.717) is 11.5 Å². The van der Waals surface area contributed by atoms with E-state index in [2.05, 4.69) is 4.52 Å². The summed E-state index contributed by atoms with van der Waals surface area (Å²) in [5.74, 6) is 0.522. The van der Waals surface area contributed by atoms with Gasteiger partial charge in [0.25, 0.3) is 0 Å². The van der Waals surface area contributed by atoms with Gasteiger partial charge in [-0.2, -0.15) is 0 Å². The molecule has 0 saturated carbocycles. The molecule has 7 heteroatoms. The summed E-state index contributed by atoms with van der Waals surface area (Å²) < 4.78 is 20.3. The normalized spacial score (nSPS) is 11.1. The van der Waals surface area contributed by atoms with Gasteiger partial charge in [-0.25, -0.2) is 4.57 Å². The second-order valence-electron chi connectivity index (χ2n) is 4.13. The molecule has 0 aliphatic heterocycles. The molecule has 0 aliphatic rings. The SMILES string of the molecule is O=C(COP(=O)(O)O)c1cccc(Oc2ccccc2)c1. The average molecular weight is 308 g/mol. The largest absolute Gasteiger partial charge is 0.470 e. The first kappa shape index (κ1) is 15.4. The second-order valence-corrected chi connectivity index (χ2v) is 5.37. The van der Waals surface area contributed by atoms with E-state index < -0.39 is 20.2 Å². The van der Waals surface area contributed by atoms with E-state index >= 15 is 0 Å². The maximum absolute atomic E-state index is 11.8. The summed E-state index contributed by atoms with van der Waals surface area (Å²) in [5.41, 5.74) is 0.247. The molecule has 2 N–H and O–H groups in total. The van der Waals surface area contributed by atoms with Crippen molar-refractivity contribution in [2.24, 2.45) is 0 Å². The second kappa shape index (κ2) is 6.65. The van der Waals surface area contributed by atoms with Gasteiger partial charge in [0.1, 0.15) is 18.1 Å². The van der Waals surface area contributed by atoms with Gasteiger partial charge in [-0.1, -0.05) is 30.3 Å². The van der Waals surface area contributed by atoms with E-state index in [4.69, 9.17) is 14.5 Å². The zero-order valence-electron chi connectivity index (χ0n) is 10.9. The van der Waals surface area contributed by atoms with Crippen LogP contribution in [0.2, 0.25) is 0 Å². The molecule has 2 rings (SSSR count). The molecule has 0 heterocycles. The first-order chi connectivity index (χ1) is 9.94. The zero-order valence-corrected chi connectivity index (χ0v) is 11.8. The molecule has 2 aromatic rings. The van der Waals surface area contributed by atoms with Crippen molar-refractivity contribution in [1.82, 2.24) is 0 Å². The third kappa shape index (κ3) is 5.13. The van der Waals surface area contributed by atoms with Crippen LogP contribution in [0.3, 0.4) is 0 Å². The summed E-state index contributed by atoms with van der Waals surface area (Å²) in [5, 5.41) is 0. The van der Waals surface area contributed by atoms with E-state index in [1.165, 1.54) is 12.1 Å². The molecule has 2 aromatic carbocycles. The van der Waals surface area contributed by atoms with E-state index in [0.717, 1.165) is 0 Å². The Morgan fingerprint density at radius 1 is 1.00 bits per heavy atom. The van der Waals surface area contributed by atoms with Crippen LogP contribution >= 0.6 is 7.82 Å². The number of benzene rings is 2. The first-order valence-electron chi connectivity index (χ1n) is 6.00. The number of ether oxygens (including phenoxy) is 1. The summed E-state index contributed by atoms with van der Waals surface area (Å²) >= 11 is 0. The minimum absolute atomic E-state index is 0.247. The molecule has 0 aromatic heterocycles. The number of Topliss-reactive ketones (excluding diaryl/α,β-unsaturated/α-hetero) is 1. The lowest BCUT2D eigenvalue weighted by atomic mass is 10.1. The third-order valence-electron chi connectivity index (χ3n) is 2.50. The number of phosphoric ester groups is 1. The summed E-state index contributed by atoms with van der Waals surface area (Å²) in [4.78, 5) is 28.9. The molecule has 0 radical (unpaired) electrons. The lowest BCUT2D eigenvalue weighted by Crippen LogP contribution is -2.07. The van der Waals surface area contributed by atoms with Crippen molar-refractivity contribution < 1.29 is 28.4 Å². The van der Waals surface area contributed by atoms with E-state index in [1.807, 2.05) is 18.2 Å². The molecule has 0 bridgehead atoms. The van der Waals surface area contributed by atoms with Crippen molar-refractivity contribution in [1.29, 1.82) is 0 Å². The van der Waals surface area contributed by atoms with Crippen molar-refractivity contribution in [3.8, 4) is 11.5 Å². The molecule has 0 amide bonds. The molecule has 0 unspecified atom stereocenters. The Kier molecular flexibility index (Phi) is 4.88. The minimum Gasteiger partial charge on any atom is -0.457 e. The predicted molar refractivity (Wildman–Crippen MR) is 75.3 cm³/mol. The summed E-state index contributed by atoms with van der Waals surface area (Å²) in [6.07, 6.45) is 0. The molecule has 0 aliphatic carbocycles. The van der Waals surface area contributed by atoms with Crippen LogP contribution < -0.4 is 4.74 Å². The molecule has 6 nitrogen and oxygen atoms in total. The quantitative estimate of drug-likeness (QED) is 0.629. The summed E-state index contributed by atoms with van der Waals surface area (Å²) in [6, 6.07) is 15.3. The zero-order chi connectivity index (χ0) is 15.3. The van der Waals surface area contributed by atoms with Gasteiger partial charge in [-0.15, -0.1) is 0 Å². The molecular weight excluding hydrogens is 295 g/mol. The number of hydrogen-bond acceptors (Lipinski definition) is 4. The van der Waals surface area contributed by atoms with Gasteiger partial charge in [0.2, 0.25) is 0 Å². The van der Waals surface area contributed by atoms with Crippen LogP contribution in [0.15, 0.2) is 54.6 Å². The van der Waals surface area contributed by atoms with Gasteiger partial charge in [0, 0.05) is 5.56 Å². The van der Waals surface area contributed by atoms with Crippen LogP contribution in [0.5, 0.6) is 11.5 Å². The van der Waals surface area contributed by atoms with Crippen molar-refractivity contribution in [2.75, 3.05) is 6.61 Å². The summed E-state index contributed by atoms with van der Waals surface area (Å²) in [7, 11) is -4.66. The highest BCUT2D eigenvalue weighted by Crippen LogP contribution is 2.35. The van der Waals surface area contributed by atoms with Crippen molar-refractivity contribution in [3.05, 3.63) is 60.2 Å². The van der Waals surface area contributed by atoms with Crippen LogP contribution in [0, 0.1) is 0 Å². The number of para-hydroxylation sites is 1. The van der Waals surface area contributed by atoms with E-state index in [1.54, 1.807) is 24.3 Å². The van der Waals surface area contributed by atoms with E-state index in [-0.39, 0.29) is 5.56 Å². The first-order valence-corrected chi connectivity index (χ1v) is 7.53. The molecular formula is C14H13O6P. The fourth-order valence-corrected chi connectivity index (χ4v) is 1.87. The van der Waals surface area contributed by atoms with Crippen LogP contribution in [0.1, 0.15) is 10.4 Å². The fourth-order valence-electron chi connectivity index (χ4n) is 1.58. The maximum atomic E-state index is 11.8. The third-order valence-corrected chi connectivity index (χ3v) is 2.96. The Morgan fingerprint density at radius 2 is 1.67 bits per heavy atom. The highest BCUT2D eigenvalue weighted by atomic mass is 31.2. The van der Waals surface area contributed by atoms with Gasteiger partial charge in [0.15, 0.2) is 5.78 Å². The molecule has 0 atom stereocenters. The molecule has 0 spiro atoms. The standard InChI is InChI=1S/C14H13O6P/c15-14(10-19-21(16,17)18)11-5-4-8-13(9-11)20-12-6-2-1-3-7-12/h1-9H,10H2,(H2,16,17,18). The topological polar surface area (TPSA) is 93.1 Å². The molecule has 0 saturated heterocycles. The van der Waals surface area contributed by atoms with Crippen molar-refractivity contribution in [3.63, 3.8) is 0 Å². The van der Waals surface area contributed by atoms with Gasteiger partial charge < -0.3 is 14.5 Å². The lowest BCUT2D eigenvalue weighted by Gasteiger charge is -2.08. The molecule has 0 fully saturated rings. The lowest BCUT2D eigenvalue weighted by molar-refractivity contribution is 0.0884. The number of carbonyl (C=O) groups is 1. The number of ketones is 1. The van der Waals surface area contributed by atoms with Gasteiger partial charge in [-0.05, 0) is 24.3 Å². The highest BCUT2D eigenvalue weighted by molar-refractivity contribution is 7.46. The highest BCUT2D eigenvalue weighted by Gasteiger charge is 2.17. The van der Waals surface area contributed by atoms with Gasteiger partial charge >= 0.3 is 7.82 Å². The number of rotatable bonds is 6. The van der Waals surface area contributed by atoms with Crippen LogP contribution in [-0.2, 0) is 9.09 Å². The van der Waals surface area contributed by atoms with Crippen LogP contribution in [-0.4, -0.2) is 22.2 Å². The van der Waals surface area contributed by atoms with E-state index in [9.17, 15) is 9.36 Å². The van der Waals surface area contributed by atoms with Crippen molar-refractivity contribution >= 4 is 13.6 Å². The van der Waals surface area contributed by atoms with Crippen LogP contribution in [0.25, 0.3) is 0 Å². The van der Waals surface area contributed by atoms with Gasteiger partial charge in [-0.3, -0.25) is 9.32 Å². The molecule has 110 valence electrons. The Labute approximate surface area is 121 Å². The Bertz CT molecular complexity index is 664. The summed E-state index contributed by atoms with van der Waals surface area (Å²) in [6.45, 7) is -0.695. The minimum atomic E-state index is -4.66. The average Bonchev–Trinajstić information content (AvgIpc) is 2.45. The van der Waals surface area contributed by atoms with Crippen LogP contribution in [0.4, 0.5) is 0 Å². The maximum Gasteiger partial charge on any atom is 0.470 e. The Balaban J connectivity index is 2.07. The fraction of sp³-hybridized carbons (Fsp3) is 0.0714. The number of phosphoric acid groups is 1. The number of hydrogen-bond donors (Lipinski definition) is 2. The Morgan fingerprint density at radius 3 is 2.33 bits per heavy atom. The van der Waals surface area contributed by atoms with Crippen molar-refractivity contribution in [2.45, 2.75) is 0 Å². The smallest absolute Gasteiger partial charge is 0.457 e. The predicted octanol–water partition coefficient (Wildman–Crippen LogP) is 2.77. The Hall–Kier alpha value is -1.98. The monoisotopic (exact) mass is 308 g/mol. The van der Waals surface area contributed by atoms with Gasteiger partial charge in [0.05, 0.1) is 0 Å². The molecule has 21 heavy (non-hydrogen) atoms.